The van der Waals surface area contributed by atoms with E-state index in [2.05, 4.69) is 24.3 Å². The third-order valence-corrected chi connectivity index (χ3v) is 4.12. The molecule has 2 fully saturated rings. The van der Waals surface area contributed by atoms with Gasteiger partial charge in [0.1, 0.15) is 6.10 Å². The molecule has 1 aliphatic heterocycles. The van der Waals surface area contributed by atoms with Crippen molar-refractivity contribution in [2.75, 3.05) is 13.2 Å². The fraction of sp³-hybridized carbons (Fsp3) is 0.600. The van der Waals surface area contributed by atoms with Gasteiger partial charge < -0.3 is 15.2 Å². The number of benzene rings is 1. The summed E-state index contributed by atoms with van der Waals surface area (Å²) in [6.45, 7) is 5.29. The molecule has 3 nitrogen and oxygen atoms in total. The van der Waals surface area contributed by atoms with Crippen LogP contribution in [0.15, 0.2) is 24.3 Å². The number of hydrogen-bond acceptors (Lipinski definition) is 3. The molecule has 1 aromatic rings. The topological polar surface area (TPSA) is 44.5 Å². The van der Waals surface area contributed by atoms with Gasteiger partial charge in [0.2, 0.25) is 0 Å². The molecule has 1 unspecified atom stereocenters. The first-order chi connectivity index (χ1) is 8.55. The van der Waals surface area contributed by atoms with Crippen LogP contribution in [0.3, 0.4) is 0 Å². The number of hydrogen-bond donors (Lipinski definition) is 1. The molecule has 3 rings (SSSR count). The van der Waals surface area contributed by atoms with Crippen molar-refractivity contribution >= 4 is 0 Å². The standard InChI is InChI=1S/C15H21NO2/c1-14(2)17-9-13(18-14)11-4-3-5-12(8-11)15(10-16)6-7-15/h3-5,8,13H,6-7,9-10,16H2,1-2H3. The van der Waals surface area contributed by atoms with Gasteiger partial charge in [-0.25, -0.2) is 0 Å². The molecule has 2 aliphatic rings. The van der Waals surface area contributed by atoms with Crippen LogP contribution in [0.25, 0.3) is 0 Å². The van der Waals surface area contributed by atoms with Crippen LogP contribution >= 0.6 is 0 Å². The molecule has 0 bridgehead atoms. The first-order valence-electron chi connectivity index (χ1n) is 6.67. The Kier molecular flexibility index (Phi) is 2.73. The van der Waals surface area contributed by atoms with E-state index in [1.807, 2.05) is 13.8 Å². The molecule has 0 spiro atoms. The average Bonchev–Trinajstić information content (AvgIpc) is 3.08. The first-order valence-corrected chi connectivity index (χ1v) is 6.67. The maximum Gasteiger partial charge on any atom is 0.163 e. The van der Waals surface area contributed by atoms with Gasteiger partial charge in [-0.15, -0.1) is 0 Å². The van der Waals surface area contributed by atoms with E-state index < -0.39 is 5.79 Å². The highest BCUT2D eigenvalue weighted by atomic mass is 16.7. The molecule has 1 aromatic carbocycles. The third kappa shape index (κ3) is 2.07. The molecular weight excluding hydrogens is 226 g/mol. The van der Waals surface area contributed by atoms with Crippen molar-refractivity contribution in [1.29, 1.82) is 0 Å². The summed E-state index contributed by atoms with van der Waals surface area (Å²) in [5, 5.41) is 0. The lowest BCUT2D eigenvalue weighted by molar-refractivity contribution is -0.139. The minimum atomic E-state index is -0.466. The SMILES string of the molecule is CC1(C)OCC(c2cccc(C3(CN)CC3)c2)O1. The molecule has 0 radical (unpaired) electrons. The van der Waals surface area contributed by atoms with Crippen molar-refractivity contribution in [3.63, 3.8) is 0 Å². The van der Waals surface area contributed by atoms with Crippen LogP contribution in [0.4, 0.5) is 0 Å². The number of ether oxygens (including phenoxy) is 2. The highest BCUT2D eigenvalue weighted by molar-refractivity contribution is 5.36. The minimum absolute atomic E-state index is 0.0496. The summed E-state index contributed by atoms with van der Waals surface area (Å²) in [4.78, 5) is 0. The summed E-state index contributed by atoms with van der Waals surface area (Å²) >= 11 is 0. The first kappa shape index (κ1) is 12.2. The van der Waals surface area contributed by atoms with Crippen LogP contribution in [-0.2, 0) is 14.9 Å². The van der Waals surface area contributed by atoms with Crippen molar-refractivity contribution in [1.82, 2.24) is 0 Å². The molecule has 1 saturated heterocycles. The Bertz CT molecular complexity index is 452. The molecule has 0 aromatic heterocycles. The lowest BCUT2D eigenvalue weighted by Crippen LogP contribution is -2.20. The smallest absolute Gasteiger partial charge is 0.163 e. The molecule has 0 amide bonds. The largest absolute Gasteiger partial charge is 0.347 e. The Labute approximate surface area is 108 Å². The lowest BCUT2D eigenvalue weighted by Gasteiger charge is -2.19. The van der Waals surface area contributed by atoms with Crippen molar-refractivity contribution in [3.05, 3.63) is 35.4 Å². The van der Waals surface area contributed by atoms with E-state index in [1.165, 1.54) is 24.0 Å². The van der Waals surface area contributed by atoms with E-state index >= 15 is 0 Å². The Morgan fingerprint density at radius 1 is 1.33 bits per heavy atom. The Morgan fingerprint density at radius 3 is 2.67 bits per heavy atom. The normalized spacial score (nSPS) is 28.3. The van der Waals surface area contributed by atoms with Crippen molar-refractivity contribution in [3.8, 4) is 0 Å². The lowest BCUT2D eigenvalue weighted by atomic mass is 9.93. The second-order valence-electron chi connectivity index (χ2n) is 5.93. The van der Waals surface area contributed by atoms with Gasteiger partial charge in [0.25, 0.3) is 0 Å². The molecule has 1 saturated carbocycles. The number of rotatable bonds is 3. The molecule has 1 aliphatic carbocycles. The van der Waals surface area contributed by atoms with Gasteiger partial charge in [-0.3, -0.25) is 0 Å². The summed E-state index contributed by atoms with van der Waals surface area (Å²) in [6, 6.07) is 8.65. The quantitative estimate of drug-likeness (QED) is 0.892. The zero-order chi connectivity index (χ0) is 12.8. The van der Waals surface area contributed by atoms with E-state index in [4.69, 9.17) is 15.2 Å². The maximum atomic E-state index is 5.90. The molecular formula is C15H21NO2. The summed E-state index contributed by atoms with van der Waals surface area (Å²) in [5.74, 6) is -0.466. The molecule has 1 heterocycles. The van der Waals surface area contributed by atoms with E-state index in [0.717, 1.165) is 6.54 Å². The van der Waals surface area contributed by atoms with Crippen LogP contribution in [0.2, 0.25) is 0 Å². The Morgan fingerprint density at radius 2 is 2.11 bits per heavy atom. The van der Waals surface area contributed by atoms with Crippen LogP contribution in [-0.4, -0.2) is 18.9 Å². The van der Waals surface area contributed by atoms with Gasteiger partial charge in [-0.2, -0.15) is 0 Å². The highest BCUT2D eigenvalue weighted by Crippen LogP contribution is 2.48. The van der Waals surface area contributed by atoms with Crippen molar-refractivity contribution < 1.29 is 9.47 Å². The van der Waals surface area contributed by atoms with Crippen molar-refractivity contribution in [2.24, 2.45) is 5.73 Å². The number of nitrogens with two attached hydrogens (primary N) is 1. The predicted molar refractivity (Wildman–Crippen MR) is 70.3 cm³/mol. The molecule has 18 heavy (non-hydrogen) atoms. The second-order valence-corrected chi connectivity index (χ2v) is 5.93. The fourth-order valence-electron chi connectivity index (χ4n) is 2.68. The zero-order valence-electron chi connectivity index (χ0n) is 11.1. The van der Waals surface area contributed by atoms with Gasteiger partial charge in [-0.1, -0.05) is 24.3 Å². The second kappa shape index (κ2) is 4.05. The summed E-state index contributed by atoms with van der Waals surface area (Å²) in [5.41, 5.74) is 8.70. The molecule has 1 atom stereocenters. The summed E-state index contributed by atoms with van der Waals surface area (Å²) in [6.07, 6.45) is 2.47. The van der Waals surface area contributed by atoms with E-state index in [-0.39, 0.29) is 11.5 Å². The van der Waals surface area contributed by atoms with Crippen LogP contribution in [0, 0.1) is 0 Å². The predicted octanol–water partition coefficient (Wildman–Crippen LogP) is 2.50. The van der Waals surface area contributed by atoms with E-state index in [0.29, 0.717) is 6.61 Å². The Hall–Kier alpha value is -0.900. The highest BCUT2D eigenvalue weighted by Gasteiger charge is 2.43. The van der Waals surface area contributed by atoms with Crippen LogP contribution in [0.1, 0.15) is 43.9 Å². The fourth-order valence-corrected chi connectivity index (χ4v) is 2.68. The minimum Gasteiger partial charge on any atom is -0.347 e. The van der Waals surface area contributed by atoms with Crippen molar-refractivity contribution in [2.45, 2.75) is 44.0 Å². The zero-order valence-corrected chi connectivity index (χ0v) is 11.1. The van der Waals surface area contributed by atoms with E-state index in [1.54, 1.807) is 0 Å². The van der Waals surface area contributed by atoms with Gasteiger partial charge in [0.05, 0.1) is 6.61 Å². The van der Waals surface area contributed by atoms with E-state index in [9.17, 15) is 0 Å². The average molecular weight is 247 g/mol. The molecule has 3 heteroatoms. The van der Waals surface area contributed by atoms with Crippen LogP contribution < -0.4 is 5.73 Å². The Balaban J connectivity index is 1.84. The van der Waals surface area contributed by atoms with Gasteiger partial charge in [-0.05, 0) is 37.8 Å². The van der Waals surface area contributed by atoms with Gasteiger partial charge >= 0.3 is 0 Å². The van der Waals surface area contributed by atoms with Gasteiger partial charge in [0.15, 0.2) is 5.79 Å². The maximum absolute atomic E-state index is 5.90. The van der Waals surface area contributed by atoms with Gasteiger partial charge in [0, 0.05) is 12.0 Å². The summed E-state index contributed by atoms with van der Waals surface area (Å²) < 4.78 is 11.5. The summed E-state index contributed by atoms with van der Waals surface area (Å²) in [7, 11) is 0. The molecule has 98 valence electrons. The van der Waals surface area contributed by atoms with Crippen LogP contribution in [0.5, 0.6) is 0 Å². The molecule has 2 N–H and O–H groups in total. The third-order valence-electron chi connectivity index (χ3n) is 4.12. The monoisotopic (exact) mass is 247 g/mol.